The van der Waals surface area contributed by atoms with Gasteiger partial charge in [0, 0.05) is 19.1 Å². The van der Waals surface area contributed by atoms with E-state index in [1.54, 1.807) is 16.7 Å². The Balaban J connectivity index is 1.88. The minimum absolute atomic E-state index is 0.00790. The average Bonchev–Trinajstić information content (AvgIpc) is 3.13. The van der Waals surface area contributed by atoms with E-state index >= 15 is 0 Å². The third-order valence-corrected chi connectivity index (χ3v) is 6.50. The van der Waals surface area contributed by atoms with Crippen LogP contribution in [0.1, 0.15) is 33.7 Å². The molecule has 30 heavy (non-hydrogen) atoms. The van der Waals surface area contributed by atoms with Crippen LogP contribution in [0.5, 0.6) is 0 Å². The van der Waals surface area contributed by atoms with E-state index in [2.05, 4.69) is 20.2 Å². The maximum absolute atomic E-state index is 13.7. The molecule has 2 heterocycles. The summed E-state index contributed by atoms with van der Waals surface area (Å²) in [5.41, 5.74) is 0.347. The molecule has 0 aliphatic heterocycles. The standard InChI is InChI=1S/C20H24FN5O2S2/c1-5-25(6-2)19-23-17-16(30-19)18(28)26(12(3)4)20(24-17)29-11-15(27)22-14-10-8-7-9-13(14)21/h7-10,12H,5-6,11H2,1-4H3,(H,22,27). The van der Waals surface area contributed by atoms with Crippen molar-refractivity contribution in [1.82, 2.24) is 14.5 Å². The molecule has 1 amide bonds. The Morgan fingerprint density at radius 3 is 2.60 bits per heavy atom. The third kappa shape index (κ3) is 4.65. The van der Waals surface area contributed by atoms with E-state index in [0.717, 1.165) is 30.0 Å². The van der Waals surface area contributed by atoms with Gasteiger partial charge in [0.25, 0.3) is 5.56 Å². The van der Waals surface area contributed by atoms with Crippen molar-refractivity contribution in [3.8, 4) is 0 Å². The first-order chi connectivity index (χ1) is 14.3. The van der Waals surface area contributed by atoms with Crippen molar-refractivity contribution in [3.05, 3.63) is 40.4 Å². The fourth-order valence-electron chi connectivity index (χ4n) is 2.92. The van der Waals surface area contributed by atoms with Gasteiger partial charge in [-0.1, -0.05) is 35.2 Å². The fourth-order valence-corrected chi connectivity index (χ4v) is 4.91. The number of halogens is 1. The van der Waals surface area contributed by atoms with Crippen molar-refractivity contribution in [2.75, 3.05) is 29.1 Å². The minimum atomic E-state index is -0.499. The molecule has 0 unspecified atom stereocenters. The molecular weight excluding hydrogens is 425 g/mol. The summed E-state index contributed by atoms with van der Waals surface area (Å²) in [6, 6.07) is 5.85. The molecule has 1 aromatic carbocycles. The van der Waals surface area contributed by atoms with E-state index in [9.17, 15) is 14.0 Å². The van der Waals surface area contributed by atoms with Crippen LogP contribution < -0.4 is 15.8 Å². The lowest BCUT2D eigenvalue weighted by molar-refractivity contribution is -0.113. The van der Waals surface area contributed by atoms with E-state index in [1.165, 1.54) is 23.5 Å². The lowest BCUT2D eigenvalue weighted by Gasteiger charge is -2.15. The van der Waals surface area contributed by atoms with Crippen molar-refractivity contribution in [2.24, 2.45) is 0 Å². The normalized spacial score (nSPS) is 11.3. The maximum atomic E-state index is 13.7. The van der Waals surface area contributed by atoms with Gasteiger partial charge in [0.2, 0.25) is 5.91 Å². The molecule has 1 N–H and O–H groups in total. The Morgan fingerprint density at radius 2 is 1.97 bits per heavy atom. The van der Waals surface area contributed by atoms with Crippen LogP contribution in [0.3, 0.4) is 0 Å². The van der Waals surface area contributed by atoms with Crippen LogP contribution in [0, 0.1) is 5.82 Å². The highest BCUT2D eigenvalue weighted by atomic mass is 32.2. The number of benzene rings is 1. The van der Waals surface area contributed by atoms with Crippen molar-refractivity contribution in [3.63, 3.8) is 0 Å². The Kier molecular flexibility index (Phi) is 7.09. The number of aromatic nitrogens is 3. The van der Waals surface area contributed by atoms with Gasteiger partial charge in [-0.2, -0.15) is 4.98 Å². The first-order valence-corrected chi connectivity index (χ1v) is 11.5. The van der Waals surface area contributed by atoms with Crippen LogP contribution >= 0.6 is 23.1 Å². The van der Waals surface area contributed by atoms with Crippen LogP contribution in [0.2, 0.25) is 0 Å². The average molecular weight is 450 g/mol. The molecule has 0 bridgehead atoms. The van der Waals surface area contributed by atoms with Crippen LogP contribution in [0.4, 0.5) is 15.2 Å². The zero-order valence-corrected chi connectivity index (χ0v) is 18.9. The van der Waals surface area contributed by atoms with Crippen molar-refractivity contribution >= 4 is 50.2 Å². The zero-order chi connectivity index (χ0) is 21.8. The number of nitrogens with zero attached hydrogens (tertiary/aromatic N) is 4. The molecule has 160 valence electrons. The molecule has 7 nitrogen and oxygen atoms in total. The minimum Gasteiger partial charge on any atom is -0.349 e. The quantitative estimate of drug-likeness (QED) is 0.411. The number of amides is 1. The maximum Gasteiger partial charge on any atom is 0.274 e. The van der Waals surface area contributed by atoms with Crippen LogP contribution in [-0.4, -0.2) is 39.3 Å². The Hall–Kier alpha value is -2.46. The monoisotopic (exact) mass is 449 g/mol. The molecule has 0 saturated carbocycles. The molecule has 0 fully saturated rings. The van der Waals surface area contributed by atoms with E-state index in [-0.39, 0.29) is 28.9 Å². The molecule has 3 rings (SSSR count). The van der Waals surface area contributed by atoms with Crippen LogP contribution in [0.25, 0.3) is 10.3 Å². The summed E-state index contributed by atoms with van der Waals surface area (Å²) >= 11 is 2.47. The number of fused-ring (bicyclic) bond motifs is 1. The number of hydrogen-bond donors (Lipinski definition) is 1. The second-order valence-electron chi connectivity index (χ2n) is 6.80. The van der Waals surface area contributed by atoms with Gasteiger partial charge in [-0.25, -0.2) is 9.37 Å². The number of anilines is 2. The second-order valence-corrected chi connectivity index (χ2v) is 8.72. The second kappa shape index (κ2) is 9.57. The first kappa shape index (κ1) is 22.2. The predicted molar refractivity (Wildman–Crippen MR) is 121 cm³/mol. The van der Waals surface area contributed by atoms with Crippen molar-refractivity contribution in [1.29, 1.82) is 0 Å². The first-order valence-electron chi connectivity index (χ1n) is 9.70. The van der Waals surface area contributed by atoms with E-state index in [1.807, 2.05) is 27.7 Å². The number of hydrogen-bond acceptors (Lipinski definition) is 7. The number of thioether (sulfide) groups is 1. The highest BCUT2D eigenvalue weighted by molar-refractivity contribution is 7.99. The van der Waals surface area contributed by atoms with Crippen molar-refractivity contribution < 1.29 is 9.18 Å². The van der Waals surface area contributed by atoms with Gasteiger partial charge in [-0.3, -0.25) is 14.2 Å². The Bertz CT molecular complexity index is 1110. The molecular formula is C20H24FN5O2S2. The number of nitrogens with one attached hydrogen (secondary N) is 1. The fraction of sp³-hybridized carbons (Fsp3) is 0.400. The SMILES string of the molecule is CCN(CC)c1nc2nc(SCC(=O)Nc3ccccc3F)n(C(C)C)c(=O)c2s1. The zero-order valence-electron chi connectivity index (χ0n) is 17.3. The molecule has 0 spiro atoms. The van der Waals surface area contributed by atoms with Gasteiger partial charge in [-0.15, -0.1) is 0 Å². The molecule has 0 saturated heterocycles. The van der Waals surface area contributed by atoms with Gasteiger partial charge in [0.15, 0.2) is 15.9 Å². The summed E-state index contributed by atoms with van der Waals surface area (Å²) in [7, 11) is 0. The number of para-hydroxylation sites is 1. The number of rotatable bonds is 8. The summed E-state index contributed by atoms with van der Waals surface area (Å²) in [5, 5.41) is 3.72. The molecule has 3 aromatic rings. The summed E-state index contributed by atoms with van der Waals surface area (Å²) in [6.07, 6.45) is 0. The van der Waals surface area contributed by atoms with E-state index in [4.69, 9.17) is 0 Å². The molecule has 10 heteroatoms. The Morgan fingerprint density at radius 1 is 1.27 bits per heavy atom. The van der Waals surface area contributed by atoms with Gasteiger partial charge >= 0.3 is 0 Å². The van der Waals surface area contributed by atoms with Gasteiger partial charge < -0.3 is 10.2 Å². The molecule has 2 aromatic heterocycles. The smallest absolute Gasteiger partial charge is 0.274 e. The van der Waals surface area contributed by atoms with Gasteiger partial charge in [0.05, 0.1) is 11.4 Å². The Labute approximate surface area is 182 Å². The largest absolute Gasteiger partial charge is 0.349 e. The van der Waals surface area contributed by atoms with E-state index in [0.29, 0.717) is 15.5 Å². The topological polar surface area (TPSA) is 80.1 Å². The summed E-state index contributed by atoms with van der Waals surface area (Å²) in [5.74, 6) is -0.885. The lowest BCUT2D eigenvalue weighted by Crippen LogP contribution is -2.25. The van der Waals surface area contributed by atoms with Gasteiger partial charge in [-0.05, 0) is 39.8 Å². The highest BCUT2D eigenvalue weighted by Gasteiger charge is 2.20. The lowest BCUT2D eigenvalue weighted by atomic mass is 10.3. The molecule has 0 atom stereocenters. The van der Waals surface area contributed by atoms with Crippen molar-refractivity contribution in [2.45, 2.75) is 38.9 Å². The number of carbonyl (C=O) groups is 1. The third-order valence-electron chi connectivity index (χ3n) is 4.45. The molecule has 0 radical (unpaired) electrons. The molecule has 0 aliphatic carbocycles. The number of thiazole rings is 1. The molecule has 0 aliphatic rings. The van der Waals surface area contributed by atoms with E-state index < -0.39 is 5.82 Å². The summed E-state index contributed by atoms with van der Waals surface area (Å²) in [6.45, 7) is 9.42. The summed E-state index contributed by atoms with van der Waals surface area (Å²) in [4.78, 5) is 36.6. The predicted octanol–water partition coefficient (Wildman–Crippen LogP) is 4.15. The number of carbonyl (C=O) groups excluding carboxylic acids is 1. The highest BCUT2D eigenvalue weighted by Crippen LogP contribution is 2.28. The van der Waals surface area contributed by atoms with Crippen LogP contribution in [-0.2, 0) is 4.79 Å². The summed E-state index contributed by atoms with van der Waals surface area (Å²) < 4.78 is 15.8. The van der Waals surface area contributed by atoms with Crippen LogP contribution in [0.15, 0.2) is 34.2 Å². The van der Waals surface area contributed by atoms with Gasteiger partial charge in [0.1, 0.15) is 10.5 Å².